The summed E-state index contributed by atoms with van der Waals surface area (Å²) >= 11 is 0. The van der Waals surface area contributed by atoms with Gasteiger partial charge in [0.05, 0.1) is 24.0 Å². The second kappa shape index (κ2) is 6.43. The smallest absolute Gasteiger partial charge is 0.251 e. The average molecular weight is 265 g/mol. The Bertz CT molecular complexity index is 444. The maximum atomic E-state index is 12.1. The van der Waals surface area contributed by atoms with E-state index >= 15 is 0 Å². The minimum atomic E-state index is -0.248. The fourth-order valence-electron chi connectivity index (χ4n) is 1.78. The first-order valence-electron chi connectivity index (χ1n) is 6.35. The van der Waals surface area contributed by atoms with E-state index in [2.05, 4.69) is 5.32 Å². The highest BCUT2D eigenvalue weighted by Gasteiger charge is 2.16. The van der Waals surface area contributed by atoms with Gasteiger partial charge in [-0.25, -0.2) is 0 Å². The number of benzene rings is 1. The lowest BCUT2D eigenvalue weighted by Crippen LogP contribution is -2.41. The number of nitrogens with zero attached hydrogens (tertiary/aromatic N) is 1. The number of aliphatic hydroxyl groups is 1. The highest BCUT2D eigenvalue weighted by molar-refractivity contribution is 5.96. The van der Waals surface area contributed by atoms with Crippen LogP contribution < -0.4 is 16.0 Å². The molecule has 4 N–H and O–H groups in total. The van der Waals surface area contributed by atoms with Crippen molar-refractivity contribution in [3.8, 4) is 0 Å². The summed E-state index contributed by atoms with van der Waals surface area (Å²) in [6.07, 6.45) is 0. The molecule has 1 aromatic rings. The van der Waals surface area contributed by atoms with Gasteiger partial charge in [0.2, 0.25) is 0 Å². The Hall–Kier alpha value is -1.75. The van der Waals surface area contributed by atoms with Crippen molar-refractivity contribution in [2.24, 2.45) is 5.92 Å². The van der Waals surface area contributed by atoms with Gasteiger partial charge in [0.15, 0.2) is 0 Å². The summed E-state index contributed by atoms with van der Waals surface area (Å²) in [5.74, 6) is -0.0444. The zero-order valence-electron chi connectivity index (χ0n) is 12.0. The van der Waals surface area contributed by atoms with E-state index in [1.807, 2.05) is 38.9 Å². The highest BCUT2D eigenvalue weighted by Crippen LogP contribution is 2.22. The van der Waals surface area contributed by atoms with Crippen molar-refractivity contribution < 1.29 is 9.90 Å². The molecule has 0 aliphatic heterocycles. The summed E-state index contributed by atoms with van der Waals surface area (Å²) < 4.78 is 0. The van der Waals surface area contributed by atoms with Crippen molar-refractivity contribution in [2.45, 2.75) is 19.9 Å². The van der Waals surface area contributed by atoms with Gasteiger partial charge >= 0.3 is 0 Å². The van der Waals surface area contributed by atoms with Gasteiger partial charge in [-0.3, -0.25) is 4.79 Å². The normalized spacial score (nSPS) is 12.3. The van der Waals surface area contributed by atoms with Gasteiger partial charge in [0.1, 0.15) is 0 Å². The van der Waals surface area contributed by atoms with Crippen LogP contribution in [0.4, 0.5) is 11.4 Å². The van der Waals surface area contributed by atoms with Crippen LogP contribution >= 0.6 is 0 Å². The fourth-order valence-corrected chi connectivity index (χ4v) is 1.78. The summed E-state index contributed by atoms with van der Waals surface area (Å²) in [4.78, 5) is 14.0. The Morgan fingerprint density at radius 3 is 2.47 bits per heavy atom. The maximum Gasteiger partial charge on any atom is 0.251 e. The molecule has 0 saturated carbocycles. The first kappa shape index (κ1) is 15.3. The van der Waals surface area contributed by atoms with Crippen molar-refractivity contribution in [1.82, 2.24) is 5.32 Å². The molecule has 106 valence electrons. The van der Waals surface area contributed by atoms with Crippen LogP contribution in [0, 0.1) is 5.92 Å². The van der Waals surface area contributed by atoms with Gasteiger partial charge < -0.3 is 21.1 Å². The van der Waals surface area contributed by atoms with E-state index in [4.69, 9.17) is 5.73 Å². The fraction of sp³-hybridized carbons (Fsp3) is 0.500. The van der Waals surface area contributed by atoms with Crippen molar-refractivity contribution in [2.75, 3.05) is 31.3 Å². The van der Waals surface area contributed by atoms with E-state index in [1.165, 1.54) is 0 Å². The van der Waals surface area contributed by atoms with E-state index in [1.54, 1.807) is 12.1 Å². The number of rotatable bonds is 5. The number of hydrogen-bond acceptors (Lipinski definition) is 4. The number of anilines is 2. The van der Waals surface area contributed by atoms with E-state index < -0.39 is 0 Å². The third kappa shape index (κ3) is 3.86. The maximum absolute atomic E-state index is 12.1. The number of nitrogen functional groups attached to an aromatic ring is 1. The predicted octanol–water partition coefficient (Wildman–Crippen LogP) is 1.08. The van der Waals surface area contributed by atoms with Crippen molar-refractivity contribution in [3.63, 3.8) is 0 Å². The van der Waals surface area contributed by atoms with E-state index in [-0.39, 0.29) is 24.5 Å². The number of carbonyl (C=O) groups excluding carboxylic acids is 1. The molecule has 5 heteroatoms. The molecule has 19 heavy (non-hydrogen) atoms. The molecule has 1 atom stereocenters. The van der Waals surface area contributed by atoms with E-state index in [0.29, 0.717) is 11.3 Å². The quantitative estimate of drug-likeness (QED) is 0.696. The lowest BCUT2D eigenvalue weighted by molar-refractivity contribution is 0.0897. The monoisotopic (exact) mass is 265 g/mol. The van der Waals surface area contributed by atoms with E-state index in [0.717, 1.165) is 5.69 Å². The molecule has 0 aliphatic carbocycles. The molecule has 5 nitrogen and oxygen atoms in total. The molecular formula is C14H23N3O2. The summed E-state index contributed by atoms with van der Waals surface area (Å²) in [5, 5.41) is 12.0. The van der Waals surface area contributed by atoms with Crippen LogP contribution in [0.1, 0.15) is 24.2 Å². The molecule has 1 rings (SSSR count). The van der Waals surface area contributed by atoms with Crippen LogP contribution in [0.25, 0.3) is 0 Å². The predicted molar refractivity (Wildman–Crippen MR) is 78.4 cm³/mol. The van der Waals surface area contributed by atoms with Gasteiger partial charge in [0.25, 0.3) is 5.91 Å². The van der Waals surface area contributed by atoms with E-state index in [9.17, 15) is 9.90 Å². The van der Waals surface area contributed by atoms with Crippen molar-refractivity contribution in [1.29, 1.82) is 0 Å². The second-order valence-electron chi connectivity index (χ2n) is 5.17. The summed E-state index contributed by atoms with van der Waals surface area (Å²) in [6.45, 7) is 3.82. The number of carbonyl (C=O) groups is 1. The Balaban J connectivity index is 2.86. The van der Waals surface area contributed by atoms with Crippen LogP contribution in [0.2, 0.25) is 0 Å². The van der Waals surface area contributed by atoms with Gasteiger partial charge in [-0.2, -0.15) is 0 Å². The standard InChI is InChI=1S/C14H23N3O2/c1-9(2)12(8-18)16-14(19)10-5-6-13(17(3)4)11(15)7-10/h5-7,9,12,18H,8,15H2,1-4H3,(H,16,19)/t12-/m1/s1. The number of aliphatic hydroxyl groups excluding tert-OH is 1. The zero-order chi connectivity index (χ0) is 14.6. The Morgan fingerprint density at radius 2 is 2.05 bits per heavy atom. The van der Waals surface area contributed by atoms with Crippen LogP contribution in [0.3, 0.4) is 0 Å². The third-order valence-corrected chi connectivity index (χ3v) is 3.09. The van der Waals surface area contributed by atoms with Crippen LogP contribution in [-0.2, 0) is 0 Å². The number of hydrogen-bond donors (Lipinski definition) is 3. The summed E-state index contributed by atoms with van der Waals surface area (Å²) in [6, 6.07) is 4.95. The Morgan fingerprint density at radius 1 is 1.42 bits per heavy atom. The van der Waals surface area contributed by atoms with Gasteiger partial charge in [-0.05, 0) is 24.1 Å². The molecule has 0 bridgehead atoms. The van der Waals surface area contributed by atoms with Crippen LogP contribution in [0.5, 0.6) is 0 Å². The Labute approximate surface area is 114 Å². The van der Waals surface area contributed by atoms with Crippen molar-refractivity contribution in [3.05, 3.63) is 23.8 Å². The molecule has 1 aromatic carbocycles. The van der Waals surface area contributed by atoms with Crippen LogP contribution in [-0.4, -0.2) is 37.8 Å². The highest BCUT2D eigenvalue weighted by atomic mass is 16.3. The molecular weight excluding hydrogens is 242 g/mol. The third-order valence-electron chi connectivity index (χ3n) is 3.09. The van der Waals surface area contributed by atoms with Gasteiger partial charge in [-0.15, -0.1) is 0 Å². The van der Waals surface area contributed by atoms with Gasteiger partial charge in [0, 0.05) is 19.7 Å². The minimum absolute atomic E-state index is 0.0747. The lowest BCUT2D eigenvalue weighted by Gasteiger charge is -2.20. The largest absolute Gasteiger partial charge is 0.397 e. The average Bonchev–Trinajstić information content (AvgIpc) is 2.34. The minimum Gasteiger partial charge on any atom is -0.397 e. The summed E-state index contributed by atoms with van der Waals surface area (Å²) in [7, 11) is 3.79. The molecule has 0 radical (unpaired) electrons. The lowest BCUT2D eigenvalue weighted by atomic mass is 10.0. The number of nitrogens with two attached hydrogens (primary N) is 1. The Kier molecular flexibility index (Phi) is 5.18. The van der Waals surface area contributed by atoms with Crippen molar-refractivity contribution >= 4 is 17.3 Å². The molecule has 0 saturated heterocycles. The molecule has 0 heterocycles. The molecule has 1 amide bonds. The van der Waals surface area contributed by atoms with Gasteiger partial charge in [-0.1, -0.05) is 13.8 Å². The first-order valence-corrected chi connectivity index (χ1v) is 6.35. The van der Waals surface area contributed by atoms with Crippen LogP contribution in [0.15, 0.2) is 18.2 Å². The SMILES string of the molecule is CC(C)[C@@H](CO)NC(=O)c1ccc(N(C)C)c(N)c1. The zero-order valence-corrected chi connectivity index (χ0v) is 12.0. The second-order valence-corrected chi connectivity index (χ2v) is 5.17. The topological polar surface area (TPSA) is 78.6 Å². The number of nitrogens with one attached hydrogen (secondary N) is 1. The molecule has 0 unspecified atom stereocenters. The molecule has 0 aromatic heterocycles. The molecule has 0 spiro atoms. The number of amides is 1. The molecule has 0 fully saturated rings. The molecule has 0 aliphatic rings. The summed E-state index contributed by atoms with van der Waals surface area (Å²) in [5.41, 5.74) is 7.85. The first-order chi connectivity index (χ1) is 8.86.